The van der Waals surface area contributed by atoms with Crippen molar-refractivity contribution in [2.24, 2.45) is 0 Å². The molecule has 5 nitrogen and oxygen atoms in total. The first-order valence-electron chi connectivity index (χ1n) is 6.84. The van der Waals surface area contributed by atoms with Gasteiger partial charge in [0, 0.05) is 6.04 Å². The van der Waals surface area contributed by atoms with Crippen LogP contribution < -0.4 is 4.72 Å². The highest BCUT2D eigenvalue weighted by molar-refractivity contribution is 7.89. The number of nitrogens with one attached hydrogen (secondary N) is 1. The maximum absolute atomic E-state index is 12.6. The molecular weight excluding hydrogens is 318 g/mol. The zero-order chi connectivity index (χ0) is 15.6. The van der Waals surface area contributed by atoms with Gasteiger partial charge < -0.3 is 0 Å². The Hall–Kier alpha value is -1.83. The van der Waals surface area contributed by atoms with Crippen LogP contribution in [0.5, 0.6) is 0 Å². The summed E-state index contributed by atoms with van der Waals surface area (Å²) in [6, 6.07) is 14.6. The van der Waals surface area contributed by atoms with Gasteiger partial charge in [-0.1, -0.05) is 36.4 Å². The number of hydrogen-bond acceptors (Lipinski definition) is 5. The smallest absolute Gasteiger partial charge is 0.208 e. The van der Waals surface area contributed by atoms with Gasteiger partial charge >= 0.3 is 0 Å². The molecule has 1 atom stereocenters. The van der Waals surface area contributed by atoms with E-state index in [1.54, 1.807) is 18.2 Å². The highest BCUT2D eigenvalue weighted by Crippen LogP contribution is 2.21. The van der Waals surface area contributed by atoms with Crippen molar-refractivity contribution in [2.45, 2.75) is 24.3 Å². The lowest BCUT2D eigenvalue weighted by Gasteiger charge is -2.14. The molecule has 0 unspecified atom stereocenters. The molecule has 0 radical (unpaired) electrons. The third kappa shape index (κ3) is 3.16. The molecule has 22 heavy (non-hydrogen) atoms. The zero-order valence-electron chi connectivity index (χ0n) is 11.9. The molecule has 0 aliphatic rings. The molecule has 0 spiro atoms. The van der Waals surface area contributed by atoms with Crippen molar-refractivity contribution in [1.29, 1.82) is 0 Å². The summed E-state index contributed by atoms with van der Waals surface area (Å²) in [5, 5.41) is 0. The average molecular weight is 333 g/mol. The van der Waals surface area contributed by atoms with Gasteiger partial charge in [-0.05, 0) is 31.0 Å². The molecule has 1 aromatic heterocycles. The largest absolute Gasteiger partial charge is 0.243 e. The van der Waals surface area contributed by atoms with Crippen molar-refractivity contribution in [3.05, 3.63) is 54.1 Å². The summed E-state index contributed by atoms with van der Waals surface area (Å²) >= 11 is 1.01. The van der Waals surface area contributed by atoms with E-state index in [4.69, 9.17) is 0 Å². The van der Waals surface area contributed by atoms with E-state index in [0.29, 0.717) is 17.5 Å². The number of hydrogen-bond donors (Lipinski definition) is 1. The number of aromatic nitrogens is 2. The molecule has 0 amide bonds. The van der Waals surface area contributed by atoms with Crippen molar-refractivity contribution in [3.63, 3.8) is 0 Å². The Morgan fingerprint density at radius 3 is 2.64 bits per heavy atom. The SMILES string of the molecule is C[C@H](Cc1ccccc1)NS(=O)(=O)c1cccc2nsnc12. The standard InChI is InChI=1S/C15H15N3O2S2/c1-11(10-12-6-3-2-4-7-12)18-22(19,20)14-9-5-8-13-15(14)17-21-16-13/h2-9,11,18H,10H2,1H3/t11-/m1/s1. The second-order valence-corrected chi connectivity index (χ2v) is 7.31. The first-order chi connectivity index (χ1) is 10.6. The lowest BCUT2D eigenvalue weighted by Crippen LogP contribution is -2.34. The molecule has 7 heteroatoms. The van der Waals surface area contributed by atoms with Crippen molar-refractivity contribution in [2.75, 3.05) is 0 Å². The fourth-order valence-corrected chi connectivity index (χ4v) is 4.35. The first-order valence-corrected chi connectivity index (χ1v) is 9.05. The molecule has 3 aromatic rings. The van der Waals surface area contributed by atoms with Crippen LogP contribution in [0.4, 0.5) is 0 Å². The second-order valence-electron chi connectivity index (χ2n) is 5.10. The number of rotatable bonds is 5. The Kier molecular flexibility index (Phi) is 4.19. The van der Waals surface area contributed by atoms with Crippen molar-refractivity contribution >= 4 is 32.8 Å². The molecular formula is C15H15N3O2S2. The Bertz CT molecular complexity index is 876. The van der Waals surface area contributed by atoms with E-state index in [1.807, 2.05) is 37.3 Å². The summed E-state index contributed by atoms with van der Waals surface area (Å²) < 4.78 is 36.0. The molecule has 3 rings (SSSR count). The average Bonchev–Trinajstić information content (AvgIpc) is 2.95. The van der Waals surface area contributed by atoms with Gasteiger partial charge in [-0.3, -0.25) is 0 Å². The molecule has 0 saturated heterocycles. The minimum absolute atomic E-state index is 0.179. The van der Waals surface area contributed by atoms with Crippen LogP contribution in [-0.4, -0.2) is 23.2 Å². The lowest BCUT2D eigenvalue weighted by atomic mass is 10.1. The topological polar surface area (TPSA) is 72.0 Å². The number of benzene rings is 2. The van der Waals surface area contributed by atoms with E-state index >= 15 is 0 Å². The van der Waals surface area contributed by atoms with Gasteiger partial charge in [0.25, 0.3) is 0 Å². The van der Waals surface area contributed by atoms with Crippen LogP contribution in [0.25, 0.3) is 11.0 Å². The maximum Gasteiger partial charge on any atom is 0.243 e. The van der Waals surface area contributed by atoms with Crippen molar-refractivity contribution < 1.29 is 8.42 Å². The number of sulfonamides is 1. The van der Waals surface area contributed by atoms with Gasteiger partial charge in [-0.2, -0.15) is 8.75 Å². The first kappa shape index (κ1) is 15.1. The zero-order valence-corrected chi connectivity index (χ0v) is 13.6. The fourth-order valence-electron chi connectivity index (χ4n) is 2.34. The summed E-state index contributed by atoms with van der Waals surface area (Å²) in [5.74, 6) is 0. The molecule has 0 bridgehead atoms. The second kappa shape index (κ2) is 6.12. The molecule has 2 aromatic carbocycles. The van der Waals surface area contributed by atoms with E-state index in [-0.39, 0.29) is 10.9 Å². The van der Waals surface area contributed by atoms with Crippen LogP contribution in [-0.2, 0) is 16.4 Å². The molecule has 0 saturated carbocycles. The Balaban J connectivity index is 1.83. The van der Waals surface area contributed by atoms with Gasteiger partial charge in [-0.15, -0.1) is 0 Å². The molecule has 114 valence electrons. The van der Waals surface area contributed by atoms with Crippen LogP contribution >= 0.6 is 11.7 Å². The number of nitrogens with zero attached hydrogens (tertiary/aromatic N) is 2. The minimum Gasteiger partial charge on any atom is -0.208 e. The van der Waals surface area contributed by atoms with Gasteiger partial charge in [0.05, 0.1) is 11.7 Å². The molecule has 1 N–H and O–H groups in total. The molecule has 0 fully saturated rings. The van der Waals surface area contributed by atoms with E-state index in [2.05, 4.69) is 13.5 Å². The molecule has 0 aliphatic heterocycles. The van der Waals surface area contributed by atoms with Crippen LogP contribution in [0.15, 0.2) is 53.4 Å². The summed E-state index contributed by atoms with van der Waals surface area (Å²) in [6.45, 7) is 1.85. The summed E-state index contributed by atoms with van der Waals surface area (Å²) in [5.41, 5.74) is 2.11. The van der Waals surface area contributed by atoms with Gasteiger partial charge in [0.1, 0.15) is 15.9 Å². The fraction of sp³-hybridized carbons (Fsp3) is 0.200. The normalized spacial score (nSPS) is 13.3. The van der Waals surface area contributed by atoms with Gasteiger partial charge in [0.2, 0.25) is 10.0 Å². The quantitative estimate of drug-likeness (QED) is 0.779. The minimum atomic E-state index is -3.62. The van der Waals surface area contributed by atoms with E-state index in [0.717, 1.165) is 17.3 Å². The third-order valence-electron chi connectivity index (χ3n) is 3.28. The maximum atomic E-state index is 12.6. The third-order valence-corrected chi connectivity index (χ3v) is 5.44. The van der Waals surface area contributed by atoms with Crippen LogP contribution in [0.3, 0.4) is 0 Å². The molecule has 1 heterocycles. The van der Waals surface area contributed by atoms with E-state index < -0.39 is 10.0 Å². The predicted octanol–water partition coefficient (Wildman–Crippen LogP) is 2.60. The van der Waals surface area contributed by atoms with Gasteiger partial charge in [-0.25, -0.2) is 13.1 Å². The summed E-state index contributed by atoms with van der Waals surface area (Å²) in [6.07, 6.45) is 0.630. The van der Waals surface area contributed by atoms with Crippen molar-refractivity contribution in [1.82, 2.24) is 13.5 Å². The lowest BCUT2D eigenvalue weighted by molar-refractivity contribution is 0.560. The van der Waals surface area contributed by atoms with E-state index in [1.165, 1.54) is 0 Å². The van der Waals surface area contributed by atoms with Gasteiger partial charge in [0.15, 0.2) is 0 Å². The van der Waals surface area contributed by atoms with Crippen LogP contribution in [0.1, 0.15) is 12.5 Å². The van der Waals surface area contributed by atoms with Crippen LogP contribution in [0, 0.1) is 0 Å². The Labute approximate surface area is 133 Å². The van der Waals surface area contributed by atoms with E-state index in [9.17, 15) is 8.42 Å². The summed E-state index contributed by atoms with van der Waals surface area (Å²) in [4.78, 5) is 0.179. The predicted molar refractivity (Wildman–Crippen MR) is 87.3 cm³/mol. The highest BCUT2D eigenvalue weighted by Gasteiger charge is 2.21. The van der Waals surface area contributed by atoms with Crippen LogP contribution in [0.2, 0.25) is 0 Å². The monoisotopic (exact) mass is 333 g/mol. The summed E-state index contributed by atoms with van der Waals surface area (Å²) in [7, 11) is -3.62. The Morgan fingerprint density at radius 2 is 1.86 bits per heavy atom. The highest BCUT2D eigenvalue weighted by atomic mass is 32.2. The molecule has 0 aliphatic carbocycles. The van der Waals surface area contributed by atoms with Crippen molar-refractivity contribution in [3.8, 4) is 0 Å². The number of fused-ring (bicyclic) bond motifs is 1. The Morgan fingerprint density at radius 1 is 1.09 bits per heavy atom.